The van der Waals surface area contributed by atoms with Gasteiger partial charge in [0.15, 0.2) is 5.17 Å². The highest BCUT2D eigenvalue weighted by molar-refractivity contribution is 8.18. The highest BCUT2D eigenvalue weighted by atomic mass is 32.2. The highest BCUT2D eigenvalue weighted by Crippen LogP contribution is 2.36. The first-order valence-corrected chi connectivity index (χ1v) is 12.0. The van der Waals surface area contributed by atoms with Crippen LogP contribution >= 0.6 is 11.8 Å². The van der Waals surface area contributed by atoms with Gasteiger partial charge in [-0.05, 0) is 60.1 Å². The number of amidine groups is 1. The van der Waals surface area contributed by atoms with E-state index in [0.29, 0.717) is 28.1 Å². The Morgan fingerprint density at radius 1 is 1.00 bits per heavy atom. The maximum absolute atomic E-state index is 13.4. The number of nitrogens with zero attached hydrogens (tertiary/aromatic N) is 3. The third-order valence-corrected chi connectivity index (χ3v) is 6.65. The number of rotatable bonds is 6. The molecule has 1 saturated heterocycles. The lowest BCUT2D eigenvalue weighted by molar-refractivity contribution is -0.384. The van der Waals surface area contributed by atoms with Crippen molar-refractivity contribution in [1.29, 1.82) is 0 Å². The van der Waals surface area contributed by atoms with Crippen molar-refractivity contribution in [1.82, 2.24) is 4.90 Å². The van der Waals surface area contributed by atoms with Gasteiger partial charge < -0.3 is 4.42 Å². The number of carbonyl (C=O) groups excluding carboxylic acids is 1. The van der Waals surface area contributed by atoms with Crippen LogP contribution in [0.4, 0.5) is 11.4 Å². The van der Waals surface area contributed by atoms with Crippen LogP contribution in [0.1, 0.15) is 16.9 Å². The molecule has 8 heteroatoms. The molecule has 0 radical (unpaired) electrons. The Bertz CT molecular complexity index is 1490. The van der Waals surface area contributed by atoms with Crippen LogP contribution in [0.3, 0.4) is 0 Å². The maximum Gasteiger partial charge on any atom is 0.269 e. The molecule has 5 rings (SSSR count). The molecule has 0 atom stereocenters. The molecule has 36 heavy (non-hydrogen) atoms. The standard InChI is InChI=1S/C28H21N3O4S/c1-19-16-22(31(33)34)12-14-24(19)25-15-13-23(35-25)17-26-27(32)30(18-20-8-4-2-5-9-20)28(36-26)29-21-10-6-3-7-11-21/h2-17H,18H2,1H3/b26-17+,29-28?. The van der Waals surface area contributed by atoms with E-state index in [0.717, 1.165) is 22.4 Å². The molecular formula is C28H21N3O4S. The third kappa shape index (κ3) is 4.99. The molecule has 0 unspecified atom stereocenters. The smallest absolute Gasteiger partial charge is 0.269 e. The van der Waals surface area contributed by atoms with Crippen molar-refractivity contribution in [2.24, 2.45) is 4.99 Å². The number of nitro groups is 1. The van der Waals surface area contributed by atoms with Crippen LogP contribution in [0.25, 0.3) is 17.4 Å². The summed E-state index contributed by atoms with van der Waals surface area (Å²) < 4.78 is 6.00. The van der Waals surface area contributed by atoms with Gasteiger partial charge in [0.2, 0.25) is 0 Å². The second kappa shape index (κ2) is 10.1. The van der Waals surface area contributed by atoms with Crippen LogP contribution in [-0.4, -0.2) is 20.9 Å². The quantitative estimate of drug-likeness (QED) is 0.164. The Labute approximate surface area is 211 Å². The number of thioether (sulfide) groups is 1. The van der Waals surface area contributed by atoms with Crippen LogP contribution in [0.15, 0.2) is 105 Å². The molecule has 1 aliphatic rings. The summed E-state index contributed by atoms with van der Waals surface area (Å²) in [5, 5.41) is 11.6. The SMILES string of the molecule is Cc1cc([N+](=O)[O-])ccc1-c1ccc(/C=C2/SC(=Nc3ccccc3)N(Cc3ccccc3)C2=O)o1. The van der Waals surface area contributed by atoms with E-state index >= 15 is 0 Å². The zero-order valence-electron chi connectivity index (χ0n) is 19.3. The number of para-hydroxylation sites is 1. The molecule has 178 valence electrons. The summed E-state index contributed by atoms with van der Waals surface area (Å²) in [6.07, 6.45) is 1.71. The number of amides is 1. The molecule has 7 nitrogen and oxygen atoms in total. The first kappa shape index (κ1) is 23.3. The lowest BCUT2D eigenvalue weighted by atomic mass is 10.1. The van der Waals surface area contributed by atoms with Gasteiger partial charge in [0.25, 0.3) is 11.6 Å². The van der Waals surface area contributed by atoms with Crippen molar-refractivity contribution in [3.05, 3.63) is 123 Å². The van der Waals surface area contributed by atoms with Gasteiger partial charge in [-0.2, -0.15) is 0 Å². The highest BCUT2D eigenvalue weighted by Gasteiger charge is 2.33. The van der Waals surface area contributed by atoms with Gasteiger partial charge in [0.1, 0.15) is 11.5 Å². The molecule has 2 heterocycles. The van der Waals surface area contributed by atoms with Gasteiger partial charge in [-0.25, -0.2) is 4.99 Å². The molecule has 0 saturated carbocycles. The minimum absolute atomic E-state index is 0.0295. The van der Waals surface area contributed by atoms with Crippen molar-refractivity contribution >= 4 is 40.3 Å². The molecule has 0 N–H and O–H groups in total. The average Bonchev–Trinajstić information content (AvgIpc) is 3.45. The van der Waals surface area contributed by atoms with Crippen molar-refractivity contribution in [2.75, 3.05) is 0 Å². The first-order chi connectivity index (χ1) is 17.5. The molecule has 4 aromatic rings. The number of hydrogen-bond acceptors (Lipinski definition) is 6. The van der Waals surface area contributed by atoms with E-state index in [-0.39, 0.29) is 11.6 Å². The monoisotopic (exact) mass is 495 g/mol. The van der Waals surface area contributed by atoms with Crippen molar-refractivity contribution in [2.45, 2.75) is 13.5 Å². The predicted octanol–water partition coefficient (Wildman–Crippen LogP) is 6.97. The summed E-state index contributed by atoms with van der Waals surface area (Å²) in [4.78, 5) is 30.9. The Morgan fingerprint density at radius 2 is 1.72 bits per heavy atom. The van der Waals surface area contributed by atoms with Crippen LogP contribution in [0, 0.1) is 17.0 Å². The Hall–Kier alpha value is -4.43. The summed E-state index contributed by atoms with van der Waals surface area (Å²) in [5.41, 5.74) is 3.29. The molecule has 1 fully saturated rings. The molecule has 1 aliphatic heterocycles. The van der Waals surface area contributed by atoms with E-state index in [1.54, 1.807) is 36.1 Å². The topological polar surface area (TPSA) is 89.0 Å². The lowest BCUT2D eigenvalue weighted by Gasteiger charge is -2.15. The minimum Gasteiger partial charge on any atom is -0.457 e. The van der Waals surface area contributed by atoms with Gasteiger partial charge in [-0.1, -0.05) is 48.5 Å². The molecule has 1 amide bonds. The molecule has 0 spiro atoms. The number of benzene rings is 3. The zero-order valence-corrected chi connectivity index (χ0v) is 20.1. The van der Waals surface area contributed by atoms with Gasteiger partial charge in [-0.15, -0.1) is 0 Å². The summed E-state index contributed by atoms with van der Waals surface area (Å²) in [6.45, 7) is 2.20. The lowest BCUT2D eigenvalue weighted by Crippen LogP contribution is -2.28. The first-order valence-electron chi connectivity index (χ1n) is 11.2. The van der Waals surface area contributed by atoms with E-state index < -0.39 is 4.92 Å². The van der Waals surface area contributed by atoms with E-state index in [1.165, 1.54) is 23.9 Å². The average molecular weight is 496 g/mol. The van der Waals surface area contributed by atoms with E-state index in [1.807, 2.05) is 60.7 Å². The molecule has 3 aromatic carbocycles. The summed E-state index contributed by atoms with van der Waals surface area (Å²) in [5.74, 6) is 0.936. The van der Waals surface area contributed by atoms with Gasteiger partial charge in [0.05, 0.1) is 22.1 Å². The van der Waals surface area contributed by atoms with E-state index in [2.05, 4.69) is 0 Å². The van der Waals surface area contributed by atoms with Crippen LogP contribution in [-0.2, 0) is 11.3 Å². The molecule has 0 bridgehead atoms. The van der Waals surface area contributed by atoms with Crippen molar-refractivity contribution in [3.8, 4) is 11.3 Å². The van der Waals surface area contributed by atoms with Crippen LogP contribution in [0.5, 0.6) is 0 Å². The van der Waals surface area contributed by atoms with Gasteiger partial charge >= 0.3 is 0 Å². The van der Waals surface area contributed by atoms with Crippen LogP contribution in [0.2, 0.25) is 0 Å². The number of hydrogen-bond donors (Lipinski definition) is 0. The van der Waals surface area contributed by atoms with E-state index in [9.17, 15) is 14.9 Å². The number of carbonyl (C=O) groups is 1. The fourth-order valence-electron chi connectivity index (χ4n) is 3.85. The number of aryl methyl sites for hydroxylation is 1. The van der Waals surface area contributed by atoms with Gasteiger partial charge in [-0.3, -0.25) is 19.8 Å². The normalized spacial score (nSPS) is 15.7. The van der Waals surface area contributed by atoms with Crippen LogP contribution < -0.4 is 0 Å². The number of non-ortho nitro benzene ring substituents is 1. The summed E-state index contributed by atoms with van der Waals surface area (Å²) >= 11 is 1.30. The molecular weight excluding hydrogens is 474 g/mol. The third-order valence-electron chi connectivity index (χ3n) is 5.64. The van der Waals surface area contributed by atoms with E-state index in [4.69, 9.17) is 9.41 Å². The number of aliphatic imine (C=N–C) groups is 1. The zero-order chi connectivity index (χ0) is 25.1. The number of nitro benzene ring substituents is 1. The summed E-state index contributed by atoms with van der Waals surface area (Å²) in [6, 6.07) is 27.5. The predicted molar refractivity (Wildman–Crippen MR) is 142 cm³/mol. The van der Waals surface area contributed by atoms with Crippen molar-refractivity contribution in [3.63, 3.8) is 0 Å². The summed E-state index contributed by atoms with van der Waals surface area (Å²) in [7, 11) is 0. The molecule has 1 aromatic heterocycles. The maximum atomic E-state index is 13.4. The fraction of sp³-hybridized carbons (Fsp3) is 0.0714. The Balaban J connectivity index is 1.45. The Kier molecular flexibility index (Phi) is 6.51. The van der Waals surface area contributed by atoms with Crippen molar-refractivity contribution < 1.29 is 14.1 Å². The largest absolute Gasteiger partial charge is 0.457 e. The van der Waals surface area contributed by atoms with Gasteiger partial charge in [0, 0.05) is 23.8 Å². The fourth-order valence-corrected chi connectivity index (χ4v) is 4.83. The molecule has 0 aliphatic carbocycles. The minimum atomic E-state index is -0.423. The second-order valence-electron chi connectivity index (χ2n) is 8.18. The number of furan rings is 1. The second-order valence-corrected chi connectivity index (χ2v) is 9.18. The Morgan fingerprint density at radius 3 is 2.42 bits per heavy atom.